The van der Waals surface area contributed by atoms with Gasteiger partial charge in [0, 0.05) is 0 Å². The number of hydrogen-bond acceptors (Lipinski definition) is 3. The highest BCUT2D eigenvalue weighted by Gasteiger charge is 2.11. The van der Waals surface area contributed by atoms with Crippen LogP contribution >= 0.6 is 0 Å². The third-order valence-corrected chi connectivity index (χ3v) is 2.02. The number of methoxy groups -OCH3 is 1. The van der Waals surface area contributed by atoms with Gasteiger partial charge < -0.3 is 15.6 Å². The second-order valence-corrected chi connectivity index (χ2v) is 3.04. The first-order valence-electron chi connectivity index (χ1n) is 4.22. The maximum atomic E-state index is 9.24. The molecule has 0 saturated carbocycles. The third-order valence-electron chi connectivity index (χ3n) is 2.02. The molecule has 3 heteroatoms. The second-order valence-electron chi connectivity index (χ2n) is 3.04. The van der Waals surface area contributed by atoms with Gasteiger partial charge in [0.15, 0.2) is 0 Å². The van der Waals surface area contributed by atoms with Crippen molar-refractivity contribution in [3.63, 3.8) is 0 Å². The van der Waals surface area contributed by atoms with E-state index in [0.29, 0.717) is 0 Å². The number of benzene rings is 1. The van der Waals surface area contributed by atoms with Crippen molar-refractivity contribution >= 4 is 0 Å². The highest BCUT2D eigenvalue weighted by molar-refractivity contribution is 5.29. The molecule has 3 N–H and O–H groups in total. The number of aliphatic hydroxyl groups excluding tert-OH is 1. The molecule has 0 spiro atoms. The fourth-order valence-electron chi connectivity index (χ4n) is 1.10. The average Bonchev–Trinajstić information content (AvgIpc) is 2.17. The van der Waals surface area contributed by atoms with Crippen LogP contribution in [-0.4, -0.2) is 18.3 Å². The highest BCUT2D eigenvalue weighted by atomic mass is 16.5. The lowest BCUT2D eigenvalue weighted by atomic mass is 10.0. The molecule has 3 nitrogen and oxygen atoms in total. The summed E-state index contributed by atoms with van der Waals surface area (Å²) in [6.07, 6.45) is -0.534. The molecule has 0 aromatic heterocycles. The van der Waals surface area contributed by atoms with Crippen molar-refractivity contribution in [3.05, 3.63) is 29.8 Å². The smallest absolute Gasteiger partial charge is 0.118 e. The van der Waals surface area contributed by atoms with E-state index in [0.717, 1.165) is 11.3 Å². The molecule has 0 aliphatic heterocycles. The van der Waals surface area contributed by atoms with Gasteiger partial charge in [-0.25, -0.2) is 0 Å². The Kier molecular flexibility index (Phi) is 3.28. The van der Waals surface area contributed by atoms with Crippen LogP contribution in [-0.2, 0) is 0 Å². The maximum absolute atomic E-state index is 9.24. The maximum Gasteiger partial charge on any atom is 0.118 e. The lowest BCUT2D eigenvalue weighted by Gasteiger charge is -2.14. The molecule has 0 fully saturated rings. The van der Waals surface area contributed by atoms with E-state index < -0.39 is 6.10 Å². The van der Waals surface area contributed by atoms with Gasteiger partial charge in [-0.3, -0.25) is 0 Å². The van der Waals surface area contributed by atoms with Gasteiger partial charge in [0.05, 0.1) is 19.3 Å². The molecule has 0 aliphatic carbocycles. The largest absolute Gasteiger partial charge is 0.497 e. The van der Waals surface area contributed by atoms with Crippen LogP contribution in [0.5, 0.6) is 5.75 Å². The van der Waals surface area contributed by atoms with E-state index in [4.69, 9.17) is 10.5 Å². The molecule has 1 aromatic rings. The summed E-state index contributed by atoms with van der Waals surface area (Å²) in [5.74, 6) is 0.793. The van der Waals surface area contributed by atoms with Crippen LogP contribution in [0.3, 0.4) is 0 Å². The predicted octanol–water partition coefficient (Wildman–Crippen LogP) is 1.08. The van der Waals surface area contributed by atoms with Crippen molar-refractivity contribution < 1.29 is 9.84 Å². The predicted molar refractivity (Wildman–Crippen MR) is 51.6 cm³/mol. The number of aliphatic hydroxyl groups is 1. The number of ether oxygens (including phenoxy) is 1. The highest BCUT2D eigenvalue weighted by Crippen LogP contribution is 2.17. The Labute approximate surface area is 78.1 Å². The van der Waals surface area contributed by atoms with Crippen molar-refractivity contribution in [1.82, 2.24) is 0 Å². The minimum Gasteiger partial charge on any atom is -0.497 e. The van der Waals surface area contributed by atoms with Crippen molar-refractivity contribution in [2.75, 3.05) is 7.11 Å². The number of rotatable bonds is 3. The molecule has 72 valence electrons. The zero-order valence-electron chi connectivity index (χ0n) is 7.90. The summed E-state index contributed by atoms with van der Waals surface area (Å²) in [6, 6.07) is 7.05. The second kappa shape index (κ2) is 4.25. The molecule has 0 aliphatic rings. The molecule has 1 aromatic carbocycles. The molecule has 1 rings (SSSR count). The fourth-order valence-corrected chi connectivity index (χ4v) is 1.10. The fraction of sp³-hybridized carbons (Fsp3) is 0.400. The van der Waals surface area contributed by atoms with Crippen LogP contribution < -0.4 is 10.5 Å². The topological polar surface area (TPSA) is 55.5 Å². The standard InChI is InChI=1S/C10H15NO2/c1-7(12)10(11)8-3-5-9(13-2)6-4-8/h3-7,10,12H,11H2,1-2H3/t7-,10-/m1/s1. The lowest BCUT2D eigenvalue weighted by Crippen LogP contribution is -2.22. The Morgan fingerprint density at radius 2 is 1.85 bits per heavy atom. The number of nitrogens with two attached hydrogens (primary N) is 1. The quantitative estimate of drug-likeness (QED) is 0.733. The molecule has 0 unspecified atom stereocenters. The first kappa shape index (κ1) is 10.0. The van der Waals surface area contributed by atoms with Crippen molar-refractivity contribution in [3.8, 4) is 5.75 Å². The first-order chi connectivity index (χ1) is 6.15. The molecular formula is C10H15NO2. The van der Waals surface area contributed by atoms with Gasteiger partial charge >= 0.3 is 0 Å². The monoisotopic (exact) mass is 181 g/mol. The van der Waals surface area contributed by atoms with Crippen LogP contribution in [0.1, 0.15) is 18.5 Å². The molecule has 13 heavy (non-hydrogen) atoms. The SMILES string of the molecule is COc1ccc([C@H](N)[C@@H](C)O)cc1. The van der Waals surface area contributed by atoms with E-state index in [2.05, 4.69) is 0 Å². The number of hydrogen-bond donors (Lipinski definition) is 2. The summed E-state index contributed by atoms with van der Waals surface area (Å²) >= 11 is 0. The summed E-state index contributed by atoms with van der Waals surface area (Å²) in [5, 5.41) is 9.24. The van der Waals surface area contributed by atoms with Crippen LogP contribution in [0, 0.1) is 0 Å². The van der Waals surface area contributed by atoms with Gasteiger partial charge in [-0.2, -0.15) is 0 Å². The Morgan fingerprint density at radius 3 is 2.23 bits per heavy atom. The molecule has 0 saturated heterocycles. The van der Waals surface area contributed by atoms with Gasteiger partial charge in [-0.1, -0.05) is 12.1 Å². The first-order valence-corrected chi connectivity index (χ1v) is 4.22. The molecule has 0 radical (unpaired) electrons. The van der Waals surface area contributed by atoms with Crippen LogP contribution in [0.25, 0.3) is 0 Å². The van der Waals surface area contributed by atoms with Crippen LogP contribution in [0.2, 0.25) is 0 Å². The van der Waals surface area contributed by atoms with Gasteiger partial charge in [-0.15, -0.1) is 0 Å². The van der Waals surface area contributed by atoms with E-state index in [9.17, 15) is 5.11 Å². The molecule has 0 heterocycles. The van der Waals surface area contributed by atoms with Crippen molar-refractivity contribution in [1.29, 1.82) is 0 Å². The van der Waals surface area contributed by atoms with Gasteiger partial charge in [-0.05, 0) is 24.6 Å². The molecule has 0 bridgehead atoms. The summed E-state index contributed by atoms with van der Waals surface area (Å²) < 4.78 is 5.01. The minimum absolute atomic E-state index is 0.328. The normalized spacial score (nSPS) is 15.1. The van der Waals surface area contributed by atoms with Crippen molar-refractivity contribution in [2.24, 2.45) is 5.73 Å². The molecular weight excluding hydrogens is 166 g/mol. The third kappa shape index (κ3) is 2.44. The summed E-state index contributed by atoms with van der Waals surface area (Å²) in [5.41, 5.74) is 6.65. The van der Waals surface area contributed by atoms with Crippen LogP contribution in [0.4, 0.5) is 0 Å². The van der Waals surface area contributed by atoms with E-state index in [1.807, 2.05) is 24.3 Å². The van der Waals surface area contributed by atoms with Crippen molar-refractivity contribution in [2.45, 2.75) is 19.1 Å². The average molecular weight is 181 g/mol. The summed E-state index contributed by atoms with van der Waals surface area (Å²) in [7, 11) is 1.61. The van der Waals surface area contributed by atoms with Gasteiger partial charge in [0.1, 0.15) is 5.75 Å². The summed E-state index contributed by atoms with van der Waals surface area (Å²) in [6.45, 7) is 1.68. The summed E-state index contributed by atoms with van der Waals surface area (Å²) in [4.78, 5) is 0. The Bertz CT molecular complexity index is 256. The van der Waals surface area contributed by atoms with E-state index in [1.165, 1.54) is 0 Å². The zero-order chi connectivity index (χ0) is 9.84. The minimum atomic E-state index is -0.534. The zero-order valence-corrected chi connectivity index (χ0v) is 7.90. The molecule has 2 atom stereocenters. The lowest BCUT2D eigenvalue weighted by molar-refractivity contribution is 0.164. The van der Waals surface area contributed by atoms with E-state index in [1.54, 1.807) is 14.0 Å². The Balaban J connectivity index is 2.79. The van der Waals surface area contributed by atoms with E-state index in [-0.39, 0.29) is 6.04 Å². The Hall–Kier alpha value is -1.06. The van der Waals surface area contributed by atoms with Gasteiger partial charge in [0.2, 0.25) is 0 Å². The Morgan fingerprint density at radius 1 is 1.31 bits per heavy atom. The van der Waals surface area contributed by atoms with E-state index >= 15 is 0 Å². The van der Waals surface area contributed by atoms with Crippen LogP contribution in [0.15, 0.2) is 24.3 Å². The molecule has 0 amide bonds. The van der Waals surface area contributed by atoms with Gasteiger partial charge in [0.25, 0.3) is 0 Å².